The zero-order valence-corrected chi connectivity index (χ0v) is 28.9. The fraction of sp³-hybridized carbons (Fsp3) is 0.0208. The van der Waals surface area contributed by atoms with Crippen LogP contribution in [0.25, 0.3) is 67.6 Å². The Morgan fingerprint density at radius 2 is 0.852 bits per heavy atom. The first kappa shape index (κ1) is 30.3. The van der Waals surface area contributed by atoms with E-state index in [1.165, 1.54) is 0 Å². The highest BCUT2D eigenvalue weighted by Crippen LogP contribution is 2.64. The van der Waals surface area contributed by atoms with Gasteiger partial charge in [-0.25, -0.2) is 19.9 Å². The normalized spacial score (nSPS) is 13.1. The monoisotopic (exact) mass is 691 g/mol. The van der Waals surface area contributed by atoms with Gasteiger partial charge in [0.05, 0.1) is 28.3 Å². The number of rotatable bonds is 4. The van der Waals surface area contributed by atoms with Crippen molar-refractivity contribution >= 4 is 11.0 Å². The molecule has 0 fully saturated rings. The lowest BCUT2D eigenvalue weighted by molar-refractivity contribution is 0.436. The van der Waals surface area contributed by atoms with Gasteiger partial charge < -0.3 is 4.74 Å². The highest BCUT2D eigenvalue weighted by atomic mass is 16.5. The van der Waals surface area contributed by atoms with Crippen LogP contribution in [-0.4, -0.2) is 24.9 Å². The molecule has 0 bridgehead atoms. The van der Waals surface area contributed by atoms with Crippen molar-refractivity contribution < 1.29 is 4.74 Å². The molecule has 0 amide bonds. The summed E-state index contributed by atoms with van der Waals surface area (Å²) in [5.74, 6) is 3.47. The number of hydrogen-bond donors (Lipinski definition) is 0. The Morgan fingerprint density at radius 3 is 1.48 bits per heavy atom. The van der Waals surface area contributed by atoms with E-state index in [1.807, 2.05) is 103 Å². The lowest BCUT2D eigenvalue weighted by Gasteiger charge is -2.39. The van der Waals surface area contributed by atoms with E-state index in [0.29, 0.717) is 17.5 Å². The molecule has 0 unspecified atom stereocenters. The fourth-order valence-electron chi connectivity index (χ4n) is 8.40. The second kappa shape index (κ2) is 11.9. The van der Waals surface area contributed by atoms with Crippen molar-refractivity contribution in [1.82, 2.24) is 24.9 Å². The van der Waals surface area contributed by atoms with Crippen LogP contribution in [0.1, 0.15) is 22.3 Å². The lowest BCUT2D eigenvalue weighted by atomic mass is 9.66. The van der Waals surface area contributed by atoms with Crippen LogP contribution in [0.5, 0.6) is 11.5 Å². The van der Waals surface area contributed by atoms with Gasteiger partial charge in [0, 0.05) is 33.4 Å². The van der Waals surface area contributed by atoms with E-state index in [9.17, 15) is 0 Å². The maximum absolute atomic E-state index is 6.65. The molecule has 0 radical (unpaired) electrons. The third-order valence-corrected chi connectivity index (χ3v) is 10.7. The van der Waals surface area contributed by atoms with Crippen molar-refractivity contribution in [2.24, 2.45) is 0 Å². The van der Waals surface area contributed by atoms with E-state index in [0.717, 1.165) is 83.9 Å². The van der Waals surface area contributed by atoms with Gasteiger partial charge in [-0.05, 0) is 46.5 Å². The minimum absolute atomic E-state index is 0.593. The van der Waals surface area contributed by atoms with Gasteiger partial charge in [0.2, 0.25) is 0 Å². The highest BCUT2D eigenvalue weighted by Gasteiger charge is 2.52. The Morgan fingerprint density at radius 1 is 0.370 bits per heavy atom. The summed E-state index contributed by atoms with van der Waals surface area (Å²) in [4.78, 5) is 25.6. The highest BCUT2D eigenvalue weighted by molar-refractivity contribution is 6.01. The fourth-order valence-corrected chi connectivity index (χ4v) is 8.40. The van der Waals surface area contributed by atoms with E-state index in [2.05, 4.69) is 72.8 Å². The summed E-state index contributed by atoms with van der Waals surface area (Å²) < 4.78 is 6.65. The van der Waals surface area contributed by atoms with Crippen LogP contribution in [0.2, 0.25) is 0 Å². The quantitative estimate of drug-likeness (QED) is 0.183. The predicted octanol–water partition coefficient (Wildman–Crippen LogP) is 11.0. The Labute approximate surface area is 311 Å². The zero-order chi connectivity index (χ0) is 35.6. The number of fused-ring (bicyclic) bond motifs is 10. The van der Waals surface area contributed by atoms with Gasteiger partial charge in [0.25, 0.3) is 0 Å². The summed E-state index contributed by atoms with van der Waals surface area (Å²) in [6.07, 6.45) is 1.89. The van der Waals surface area contributed by atoms with Crippen molar-refractivity contribution in [2.75, 3.05) is 0 Å². The Bertz CT molecular complexity index is 2820. The van der Waals surface area contributed by atoms with Gasteiger partial charge in [-0.2, -0.15) is 0 Å². The molecule has 6 nitrogen and oxygen atoms in total. The smallest absolute Gasteiger partial charge is 0.164 e. The molecule has 3 heterocycles. The van der Waals surface area contributed by atoms with Gasteiger partial charge in [-0.1, -0.05) is 146 Å². The average Bonchev–Trinajstić information content (AvgIpc) is 3.55. The van der Waals surface area contributed by atoms with E-state index in [4.69, 9.17) is 29.7 Å². The van der Waals surface area contributed by atoms with Crippen LogP contribution in [0.15, 0.2) is 176 Å². The molecule has 0 saturated carbocycles. The molecule has 7 aromatic carbocycles. The predicted molar refractivity (Wildman–Crippen MR) is 212 cm³/mol. The molecule has 0 saturated heterocycles. The number of benzene rings is 7. The van der Waals surface area contributed by atoms with Crippen LogP contribution in [0.3, 0.4) is 0 Å². The van der Waals surface area contributed by atoms with Gasteiger partial charge >= 0.3 is 0 Å². The summed E-state index contributed by atoms with van der Waals surface area (Å²) in [7, 11) is 0. The van der Waals surface area contributed by atoms with Gasteiger partial charge in [0.1, 0.15) is 11.5 Å². The summed E-state index contributed by atoms with van der Waals surface area (Å²) in [5.41, 5.74) is 12.1. The number of para-hydroxylation sites is 4. The molecular formula is C48H29N5O. The largest absolute Gasteiger partial charge is 0.457 e. The third-order valence-electron chi connectivity index (χ3n) is 10.7. The molecule has 252 valence electrons. The van der Waals surface area contributed by atoms with Crippen LogP contribution in [0, 0.1) is 0 Å². The standard InChI is InChI=1S/C48H29N5O/c1-3-15-30(16-4-1)45-51-46(31-17-5-2-6-18-31)53-47(52-45)33-20-14-24-37-44(33)43-32(40-29-49-38-25-9-10-26-39(38)50-40)19-13-23-36(43)48(37)34-21-7-11-27-41(34)54-42-28-12-8-22-35(42)48/h1-29H. The first-order valence-corrected chi connectivity index (χ1v) is 18.0. The number of hydrogen-bond acceptors (Lipinski definition) is 6. The molecular weight excluding hydrogens is 663 g/mol. The molecule has 1 aliphatic carbocycles. The Balaban J connectivity index is 1.27. The van der Waals surface area contributed by atoms with E-state index < -0.39 is 5.41 Å². The minimum Gasteiger partial charge on any atom is -0.457 e. The second-order valence-corrected chi connectivity index (χ2v) is 13.6. The van der Waals surface area contributed by atoms with Gasteiger partial charge in [-0.3, -0.25) is 4.98 Å². The maximum atomic E-state index is 6.65. The molecule has 1 aliphatic heterocycles. The van der Waals surface area contributed by atoms with Crippen molar-refractivity contribution in [3.63, 3.8) is 0 Å². The maximum Gasteiger partial charge on any atom is 0.164 e. The summed E-state index contributed by atoms with van der Waals surface area (Å²) in [5, 5.41) is 0. The summed E-state index contributed by atoms with van der Waals surface area (Å²) >= 11 is 0. The molecule has 0 atom stereocenters. The minimum atomic E-state index is -0.704. The van der Waals surface area contributed by atoms with E-state index in [-0.39, 0.29) is 0 Å². The average molecular weight is 692 g/mol. The van der Waals surface area contributed by atoms with Crippen molar-refractivity contribution in [1.29, 1.82) is 0 Å². The van der Waals surface area contributed by atoms with Crippen molar-refractivity contribution in [2.45, 2.75) is 5.41 Å². The Hall–Kier alpha value is -7.31. The van der Waals surface area contributed by atoms with Crippen LogP contribution in [0.4, 0.5) is 0 Å². The zero-order valence-electron chi connectivity index (χ0n) is 28.9. The van der Waals surface area contributed by atoms with Crippen LogP contribution >= 0.6 is 0 Å². The lowest BCUT2D eigenvalue weighted by Crippen LogP contribution is -2.32. The number of ether oxygens (including phenoxy) is 1. The van der Waals surface area contributed by atoms with Crippen molar-refractivity contribution in [3.05, 3.63) is 198 Å². The summed E-state index contributed by atoms with van der Waals surface area (Å²) in [6, 6.07) is 58.1. The first-order chi connectivity index (χ1) is 26.8. The van der Waals surface area contributed by atoms with Gasteiger partial charge in [-0.15, -0.1) is 0 Å². The Kier molecular flexibility index (Phi) is 6.67. The molecule has 0 N–H and O–H groups in total. The molecule has 11 rings (SSSR count). The molecule has 1 spiro atoms. The van der Waals surface area contributed by atoms with Crippen molar-refractivity contribution in [3.8, 4) is 68.0 Å². The van der Waals surface area contributed by atoms with Crippen LogP contribution in [-0.2, 0) is 5.41 Å². The molecule has 6 heteroatoms. The van der Waals surface area contributed by atoms with E-state index in [1.54, 1.807) is 0 Å². The van der Waals surface area contributed by atoms with Gasteiger partial charge in [0.15, 0.2) is 17.5 Å². The summed E-state index contributed by atoms with van der Waals surface area (Å²) in [6.45, 7) is 0. The second-order valence-electron chi connectivity index (χ2n) is 13.6. The molecule has 2 aliphatic rings. The SMILES string of the molecule is c1ccc(-c2nc(-c3ccccc3)nc(-c3cccc4c3-c3c(-c5cnc6ccccc6n5)cccc3C43c4ccccc4Oc4ccccc43)n2)cc1. The molecule has 9 aromatic rings. The molecule has 54 heavy (non-hydrogen) atoms. The number of nitrogens with zero attached hydrogens (tertiary/aromatic N) is 5. The van der Waals surface area contributed by atoms with E-state index >= 15 is 0 Å². The topological polar surface area (TPSA) is 73.7 Å². The number of aromatic nitrogens is 5. The first-order valence-electron chi connectivity index (χ1n) is 18.0. The third kappa shape index (κ3) is 4.43. The molecule has 2 aromatic heterocycles. The van der Waals surface area contributed by atoms with Crippen LogP contribution < -0.4 is 4.74 Å².